The first-order valence-corrected chi connectivity index (χ1v) is 10.0. The Morgan fingerprint density at radius 2 is 1.97 bits per heavy atom. The van der Waals surface area contributed by atoms with E-state index in [0.29, 0.717) is 22.8 Å². The molecule has 0 aliphatic rings. The van der Waals surface area contributed by atoms with Crippen LogP contribution in [0.3, 0.4) is 0 Å². The maximum atomic E-state index is 12.8. The topological polar surface area (TPSA) is 96.5 Å². The monoisotopic (exact) mass is 402 g/mol. The third-order valence-corrected chi connectivity index (χ3v) is 5.92. The molecular formula is C21H18N6OS. The van der Waals surface area contributed by atoms with E-state index in [0.717, 1.165) is 22.1 Å². The molecule has 0 bridgehead atoms. The van der Waals surface area contributed by atoms with Crippen molar-refractivity contribution in [2.75, 3.05) is 5.32 Å². The molecule has 2 aromatic carbocycles. The van der Waals surface area contributed by atoms with Crippen molar-refractivity contribution in [3.63, 3.8) is 0 Å². The standard InChI is InChI=1S/C21H18N6OS/c1-3-17(20(28)23-15-10-6-4-8-13(15)12-22)29-21-24-19-18(25-26-21)14-9-5-7-11-16(14)27(19)2/h4-11,17H,3H2,1-2H3,(H,23,28). The number of hydrogen-bond donors (Lipinski definition) is 1. The van der Waals surface area contributed by atoms with Gasteiger partial charge >= 0.3 is 0 Å². The molecule has 0 radical (unpaired) electrons. The van der Waals surface area contributed by atoms with E-state index in [4.69, 9.17) is 0 Å². The summed E-state index contributed by atoms with van der Waals surface area (Å²) >= 11 is 1.27. The first-order valence-electron chi connectivity index (χ1n) is 9.17. The van der Waals surface area contributed by atoms with Crippen LogP contribution in [-0.4, -0.2) is 30.9 Å². The molecule has 1 amide bonds. The van der Waals surface area contributed by atoms with E-state index >= 15 is 0 Å². The fourth-order valence-electron chi connectivity index (χ4n) is 3.19. The fourth-order valence-corrected chi connectivity index (χ4v) is 4.01. The highest BCUT2D eigenvalue weighted by Gasteiger charge is 2.22. The Kier molecular flexibility index (Phi) is 5.14. The molecule has 0 aliphatic carbocycles. The molecule has 2 aromatic heterocycles. The molecule has 7 nitrogen and oxygen atoms in total. The lowest BCUT2D eigenvalue weighted by atomic mass is 10.2. The Morgan fingerprint density at radius 3 is 2.76 bits per heavy atom. The molecule has 4 aromatic rings. The van der Waals surface area contributed by atoms with Crippen LogP contribution in [0.25, 0.3) is 22.1 Å². The minimum atomic E-state index is -0.407. The number of para-hydroxylation sites is 2. The van der Waals surface area contributed by atoms with E-state index in [1.807, 2.05) is 42.8 Å². The van der Waals surface area contributed by atoms with Gasteiger partial charge in [0.05, 0.1) is 22.0 Å². The Labute approximate surface area is 171 Å². The number of aromatic nitrogens is 4. The summed E-state index contributed by atoms with van der Waals surface area (Å²) in [5.41, 5.74) is 3.43. The highest BCUT2D eigenvalue weighted by atomic mass is 32.2. The van der Waals surface area contributed by atoms with E-state index < -0.39 is 5.25 Å². The molecule has 0 saturated heterocycles. The van der Waals surface area contributed by atoms with Crippen LogP contribution in [-0.2, 0) is 11.8 Å². The van der Waals surface area contributed by atoms with Crippen molar-refractivity contribution in [1.82, 2.24) is 19.7 Å². The quantitative estimate of drug-likeness (QED) is 0.509. The van der Waals surface area contributed by atoms with Gasteiger partial charge in [0.2, 0.25) is 11.1 Å². The van der Waals surface area contributed by atoms with Gasteiger partial charge < -0.3 is 9.88 Å². The lowest BCUT2D eigenvalue weighted by molar-refractivity contribution is -0.115. The highest BCUT2D eigenvalue weighted by Crippen LogP contribution is 2.28. The molecule has 8 heteroatoms. The van der Waals surface area contributed by atoms with E-state index in [1.165, 1.54) is 11.8 Å². The average Bonchev–Trinajstić information content (AvgIpc) is 3.04. The number of fused-ring (bicyclic) bond motifs is 3. The van der Waals surface area contributed by atoms with Gasteiger partial charge in [-0.3, -0.25) is 4.79 Å². The molecule has 1 N–H and O–H groups in total. The van der Waals surface area contributed by atoms with Crippen molar-refractivity contribution in [2.45, 2.75) is 23.8 Å². The van der Waals surface area contributed by atoms with Gasteiger partial charge in [0.1, 0.15) is 11.6 Å². The third-order valence-electron chi connectivity index (χ3n) is 4.70. The maximum Gasteiger partial charge on any atom is 0.238 e. The average molecular weight is 402 g/mol. The Hall–Kier alpha value is -3.44. The van der Waals surface area contributed by atoms with Crippen molar-refractivity contribution < 1.29 is 4.79 Å². The van der Waals surface area contributed by atoms with Gasteiger partial charge in [0.15, 0.2) is 5.65 Å². The molecule has 0 saturated carbocycles. The summed E-state index contributed by atoms with van der Waals surface area (Å²) in [6.07, 6.45) is 0.585. The van der Waals surface area contributed by atoms with Crippen molar-refractivity contribution in [3.05, 3.63) is 54.1 Å². The summed E-state index contributed by atoms with van der Waals surface area (Å²) in [6, 6.07) is 17.0. The predicted octanol–water partition coefficient (Wildman–Crippen LogP) is 3.90. The number of carbonyl (C=O) groups excluding carboxylic acids is 1. The summed E-state index contributed by atoms with van der Waals surface area (Å²) in [6.45, 7) is 1.93. The molecule has 29 heavy (non-hydrogen) atoms. The number of benzene rings is 2. The number of carbonyl (C=O) groups is 1. The van der Waals surface area contributed by atoms with Gasteiger partial charge in [-0.2, -0.15) is 5.26 Å². The fraction of sp³-hybridized carbons (Fsp3) is 0.190. The molecule has 0 aliphatic heterocycles. The molecule has 2 heterocycles. The van der Waals surface area contributed by atoms with Gasteiger partial charge in [0, 0.05) is 12.4 Å². The van der Waals surface area contributed by atoms with E-state index in [2.05, 4.69) is 26.6 Å². The number of anilines is 1. The summed E-state index contributed by atoms with van der Waals surface area (Å²) in [5.74, 6) is -0.194. The van der Waals surface area contributed by atoms with Crippen molar-refractivity contribution >= 4 is 45.4 Å². The second kappa shape index (κ2) is 7.89. The number of thioether (sulfide) groups is 1. The van der Waals surface area contributed by atoms with Gasteiger partial charge in [-0.1, -0.05) is 49.0 Å². The zero-order valence-electron chi connectivity index (χ0n) is 16.0. The number of nitrogens with one attached hydrogen (secondary N) is 1. The van der Waals surface area contributed by atoms with Crippen LogP contribution in [0, 0.1) is 11.3 Å². The minimum absolute atomic E-state index is 0.194. The first kappa shape index (κ1) is 18.9. The molecule has 0 fully saturated rings. The smallest absolute Gasteiger partial charge is 0.238 e. The van der Waals surface area contributed by atoms with Crippen LogP contribution in [0.5, 0.6) is 0 Å². The first-order chi connectivity index (χ1) is 14.1. The number of aryl methyl sites for hydroxylation is 1. The zero-order chi connectivity index (χ0) is 20.4. The van der Waals surface area contributed by atoms with Crippen LogP contribution in [0.4, 0.5) is 5.69 Å². The lowest BCUT2D eigenvalue weighted by Crippen LogP contribution is -2.25. The summed E-state index contributed by atoms with van der Waals surface area (Å²) in [5, 5.41) is 21.7. The summed E-state index contributed by atoms with van der Waals surface area (Å²) in [4.78, 5) is 17.4. The van der Waals surface area contributed by atoms with Crippen molar-refractivity contribution in [3.8, 4) is 6.07 Å². The number of nitriles is 1. The van der Waals surface area contributed by atoms with Gasteiger partial charge in [0.25, 0.3) is 0 Å². The van der Waals surface area contributed by atoms with Crippen LogP contribution >= 0.6 is 11.8 Å². The normalized spacial score (nSPS) is 12.0. The SMILES string of the molecule is CCC(Sc1nnc2c3ccccc3n(C)c2n1)C(=O)Nc1ccccc1C#N. The molecule has 1 atom stereocenters. The summed E-state index contributed by atoms with van der Waals surface area (Å²) < 4.78 is 1.98. The van der Waals surface area contributed by atoms with Crippen LogP contribution in [0.2, 0.25) is 0 Å². The van der Waals surface area contributed by atoms with Crippen molar-refractivity contribution in [2.24, 2.45) is 7.05 Å². The summed E-state index contributed by atoms with van der Waals surface area (Å²) in [7, 11) is 1.94. The van der Waals surface area contributed by atoms with Crippen molar-refractivity contribution in [1.29, 1.82) is 5.26 Å². The molecular weight excluding hydrogens is 384 g/mol. The molecule has 0 spiro atoms. The van der Waals surface area contributed by atoms with Gasteiger partial charge in [-0.15, -0.1) is 10.2 Å². The van der Waals surface area contributed by atoms with Crippen LogP contribution in [0.1, 0.15) is 18.9 Å². The van der Waals surface area contributed by atoms with E-state index in [1.54, 1.807) is 24.3 Å². The third kappa shape index (κ3) is 3.52. The highest BCUT2D eigenvalue weighted by molar-refractivity contribution is 8.00. The Bertz CT molecular complexity index is 1260. The largest absolute Gasteiger partial charge is 0.327 e. The molecule has 1 unspecified atom stereocenters. The second-order valence-corrected chi connectivity index (χ2v) is 7.67. The number of hydrogen-bond acceptors (Lipinski definition) is 6. The van der Waals surface area contributed by atoms with Gasteiger partial charge in [-0.05, 0) is 24.6 Å². The maximum absolute atomic E-state index is 12.8. The van der Waals surface area contributed by atoms with Crippen LogP contribution in [0.15, 0.2) is 53.7 Å². The zero-order valence-corrected chi connectivity index (χ0v) is 16.8. The van der Waals surface area contributed by atoms with Gasteiger partial charge in [-0.25, -0.2) is 4.98 Å². The van der Waals surface area contributed by atoms with E-state index in [9.17, 15) is 10.1 Å². The molecule has 4 rings (SSSR count). The van der Waals surface area contributed by atoms with Crippen LogP contribution < -0.4 is 5.32 Å². The molecule has 144 valence electrons. The Morgan fingerprint density at radius 1 is 1.21 bits per heavy atom. The lowest BCUT2D eigenvalue weighted by Gasteiger charge is -2.14. The van der Waals surface area contributed by atoms with E-state index in [-0.39, 0.29) is 5.91 Å². The second-order valence-electron chi connectivity index (χ2n) is 6.50. The minimum Gasteiger partial charge on any atom is -0.327 e. The predicted molar refractivity (Wildman–Crippen MR) is 114 cm³/mol. The number of rotatable bonds is 5. The number of amides is 1. The number of nitrogens with zero attached hydrogens (tertiary/aromatic N) is 5. The Balaban J connectivity index is 1.60.